The van der Waals surface area contributed by atoms with Crippen LogP contribution in [0.3, 0.4) is 0 Å². The zero-order valence-corrected chi connectivity index (χ0v) is 7.32. The Morgan fingerprint density at radius 1 is 1.55 bits per heavy atom. The Bertz CT molecular complexity index is 175. The number of aromatic nitrogens is 2. The summed E-state index contributed by atoms with van der Waals surface area (Å²) in [5, 5.41) is 14.8. The van der Waals surface area contributed by atoms with E-state index in [0.29, 0.717) is 0 Å². The molecule has 62 valence electrons. The number of nitrogens with zero attached hydrogens (tertiary/aromatic N) is 2. The molecule has 0 bridgehead atoms. The summed E-state index contributed by atoms with van der Waals surface area (Å²) in [5.74, 6) is 0. The van der Waals surface area contributed by atoms with Crippen LogP contribution in [0.5, 0.6) is 0 Å². The highest BCUT2D eigenvalue weighted by Gasteiger charge is 1.91. The molecule has 5 heteroatoms. The fraction of sp³-hybridized carbons (Fsp3) is 0.667. The van der Waals surface area contributed by atoms with E-state index in [1.54, 1.807) is 5.51 Å². The third-order valence-corrected chi connectivity index (χ3v) is 1.84. The second-order valence-electron chi connectivity index (χ2n) is 2.02. The molecule has 0 aliphatic rings. The van der Waals surface area contributed by atoms with Crippen molar-refractivity contribution >= 4 is 16.5 Å². The minimum atomic E-state index is 0.892. The molecule has 11 heavy (non-hydrogen) atoms. The Kier molecular flexibility index (Phi) is 3.85. The molecule has 0 aliphatic heterocycles. The van der Waals surface area contributed by atoms with Crippen LogP contribution in [-0.2, 0) is 0 Å². The van der Waals surface area contributed by atoms with Gasteiger partial charge in [-0.15, -0.1) is 10.2 Å². The van der Waals surface area contributed by atoms with Gasteiger partial charge in [-0.05, 0) is 6.54 Å². The lowest BCUT2D eigenvalue weighted by molar-refractivity contribution is 0.738. The van der Waals surface area contributed by atoms with Crippen molar-refractivity contribution in [3.63, 3.8) is 0 Å². The Morgan fingerprint density at radius 2 is 2.45 bits per heavy atom. The lowest BCUT2D eigenvalue weighted by atomic mass is 10.6. The van der Waals surface area contributed by atoms with Crippen molar-refractivity contribution in [2.45, 2.75) is 6.92 Å². The van der Waals surface area contributed by atoms with Gasteiger partial charge in [0.2, 0.25) is 5.13 Å². The molecule has 0 aliphatic carbocycles. The summed E-state index contributed by atoms with van der Waals surface area (Å²) in [6.45, 7) is 4.97. The Labute approximate surface area is 70.0 Å². The molecule has 4 nitrogen and oxygen atoms in total. The third-order valence-electron chi connectivity index (χ3n) is 1.19. The van der Waals surface area contributed by atoms with Crippen molar-refractivity contribution in [3.8, 4) is 0 Å². The Balaban J connectivity index is 2.04. The smallest absolute Gasteiger partial charge is 0.205 e. The summed E-state index contributed by atoms with van der Waals surface area (Å²) in [6.07, 6.45) is 0. The number of nitrogens with one attached hydrogen (secondary N) is 2. The van der Waals surface area contributed by atoms with Crippen molar-refractivity contribution in [2.24, 2.45) is 0 Å². The van der Waals surface area contributed by atoms with Gasteiger partial charge in [0, 0.05) is 13.1 Å². The molecule has 1 aromatic heterocycles. The second kappa shape index (κ2) is 5.03. The Hall–Kier alpha value is -0.680. The van der Waals surface area contributed by atoms with Crippen LogP contribution in [0, 0.1) is 0 Å². The first-order valence-corrected chi connectivity index (χ1v) is 4.52. The molecule has 0 saturated heterocycles. The summed E-state index contributed by atoms with van der Waals surface area (Å²) < 4.78 is 0. The summed E-state index contributed by atoms with van der Waals surface area (Å²) in [5.41, 5.74) is 1.72. The quantitative estimate of drug-likeness (QED) is 0.637. The maximum Gasteiger partial charge on any atom is 0.205 e. The van der Waals surface area contributed by atoms with Crippen LogP contribution in [0.1, 0.15) is 6.92 Å². The number of anilines is 1. The second-order valence-corrected chi connectivity index (χ2v) is 2.86. The molecule has 0 saturated carbocycles. The maximum absolute atomic E-state index is 3.84. The molecular formula is C6H12N4S. The lowest BCUT2D eigenvalue weighted by Gasteiger charge is -2.00. The first-order chi connectivity index (χ1) is 5.43. The van der Waals surface area contributed by atoms with Gasteiger partial charge in [0.05, 0.1) is 0 Å². The van der Waals surface area contributed by atoms with E-state index in [4.69, 9.17) is 0 Å². The van der Waals surface area contributed by atoms with Gasteiger partial charge in [0.1, 0.15) is 5.51 Å². The molecule has 0 amide bonds. The van der Waals surface area contributed by atoms with Crippen molar-refractivity contribution in [1.82, 2.24) is 15.5 Å². The van der Waals surface area contributed by atoms with E-state index in [1.165, 1.54) is 11.3 Å². The minimum absolute atomic E-state index is 0.892. The predicted molar refractivity (Wildman–Crippen MR) is 46.9 cm³/mol. The zero-order valence-electron chi connectivity index (χ0n) is 6.50. The molecule has 0 spiro atoms. The standard InChI is InChI=1S/C6H12N4S/c1-2-7-3-4-8-6-10-9-5-11-6/h5,7H,2-4H2,1H3,(H,8,10). The minimum Gasteiger partial charge on any atom is -0.359 e. The van der Waals surface area contributed by atoms with Crippen molar-refractivity contribution in [1.29, 1.82) is 0 Å². The summed E-state index contributed by atoms with van der Waals surface area (Å²) in [7, 11) is 0. The molecule has 0 radical (unpaired) electrons. The van der Waals surface area contributed by atoms with Crippen LogP contribution in [0.4, 0.5) is 5.13 Å². The molecule has 0 aromatic carbocycles. The monoisotopic (exact) mass is 172 g/mol. The van der Waals surface area contributed by atoms with Gasteiger partial charge >= 0.3 is 0 Å². The fourth-order valence-corrected chi connectivity index (χ4v) is 1.16. The first-order valence-electron chi connectivity index (χ1n) is 3.64. The number of hydrogen-bond donors (Lipinski definition) is 2. The maximum atomic E-state index is 3.84. The summed E-state index contributed by atoms with van der Waals surface area (Å²) in [6, 6.07) is 0. The largest absolute Gasteiger partial charge is 0.359 e. The van der Waals surface area contributed by atoms with E-state index >= 15 is 0 Å². The van der Waals surface area contributed by atoms with Crippen LogP contribution in [0.15, 0.2) is 5.51 Å². The SMILES string of the molecule is CCNCCNc1nncs1. The van der Waals surface area contributed by atoms with Gasteiger partial charge < -0.3 is 10.6 Å². The average Bonchev–Trinajstić information content (AvgIpc) is 2.50. The molecular weight excluding hydrogens is 160 g/mol. The van der Waals surface area contributed by atoms with Crippen molar-refractivity contribution < 1.29 is 0 Å². The highest BCUT2D eigenvalue weighted by Crippen LogP contribution is 2.06. The van der Waals surface area contributed by atoms with E-state index in [2.05, 4.69) is 27.8 Å². The number of rotatable bonds is 5. The highest BCUT2D eigenvalue weighted by molar-refractivity contribution is 7.13. The van der Waals surface area contributed by atoms with Gasteiger partial charge in [-0.1, -0.05) is 18.3 Å². The van der Waals surface area contributed by atoms with E-state index < -0.39 is 0 Å². The van der Waals surface area contributed by atoms with Crippen molar-refractivity contribution in [3.05, 3.63) is 5.51 Å². The van der Waals surface area contributed by atoms with Crippen LogP contribution < -0.4 is 10.6 Å². The number of likely N-dealkylation sites (N-methyl/N-ethyl adjacent to an activating group) is 1. The fourth-order valence-electron chi connectivity index (χ4n) is 0.685. The Morgan fingerprint density at radius 3 is 3.09 bits per heavy atom. The van der Waals surface area contributed by atoms with E-state index in [0.717, 1.165) is 24.8 Å². The third kappa shape index (κ3) is 3.29. The van der Waals surface area contributed by atoms with Gasteiger partial charge in [0.15, 0.2) is 0 Å². The van der Waals surface area contributed by atoms with Crippen LogP contribution in [-0.4, -0.2) is 29.8 Å². The molecule has 2 N–H and O–H groups in total. The van der Waals surface area contributed by atoms with Crippen LogP contribution in [0.2, 0.25) is 0 Å². The molecule has 0 unspecified atom stereocenters. The van der Waals surface area contributed by atoms with Crippen molar-refractivity contribution in [2.75, 3.05) is 25.0 Å². The normalized spacial score (nSPS) is 9.91. The summed E-state index contributed by atoms with van der Waals surface area (Å²) in [4.78, 5) is 0. The van der Waals surface area contributed by atoms with Gasteiger partial charge in [0.25, 0.3) is 0 Å². The highest BCUT2D eigenvalue weighted by atomic mass is 32.1. The van der Waals surface area contributed by atoms with E-state index in [9.17, 15) is 0 Å². The van der Waals surface area contributed by atoms with Gasteiger partial charge in [-0.3, -0.25) is 0 Å². The van der Waals surface area contributed by atoms with Gasteiger partial charge in [-0.2, -0.15) is 0 Å². The topological polar surface area (TPSA) is 49.8 Å². The average molecular weight is 172 g/mol. The van der Waals surface area contributed by atoms with Crippen LogP contribution >= 0.6 is 11.3 Å². The van der Waals surface area contributed by atoms with E-state index in [1.807, 2.05) is 0 Å². The summed E-state index contributed by atoms with van der Waals surface area (Å²) >= 11 is 1.52. The first kappa shape index (κ1) is 8.42. The lowest BCUT2D eigenvalue weighted by Crippen LogP contribution is -2.21. The predicted octanol–water partition coefficient (Wildman–Crippen LogP) is 0.559. The number of hydrogen-bond acceptors (Lipinski definition) is 5. The van der Waals surface area contributed by atoms with Crippen LogP contribution in [0.25, 0.3) is 0 Å². The van der Waals surface area contributed by atoms with Gasteiger partial charge in [-0.25, -0.2) is 0 Å². The molecule has 1 heterocycles. The molecule has 0 atom stereocenters. The molecule has 1 rings (SSSR count). The molecule has 0 fully saturated rings. The molecule has 1 aromatic rings. The zero-order chi connectivity index (χ0) is 7.94. The van der Waals surface area contributed by atoms with E-state index in [-0.39, 0.29) is 0 Å².